The number of carbonyl (C=O) groups is 1. The van der Waals surface area contributed by atoms with Crippen molar-refractivity contribution >= 4 is 5.91 Å². The molecule has 1 saturated heterocycles. The zero-order chi connectivity index (χ0) is 52.9. The summed E-state index contributed by atoms with van der Waals surface area (Å²) >= 11 is 0. The molecular formula is C64H119NO8. The first-order valence-electron chi connectivity index (χ1n) is 31.4. The van der Waals surface area contributed by atoms with Crippen molar-refractivity contribution < 1.29 is 39.8 Å². The van der Waals surface area contributed by atoms with Gasteiger partial charge in [-0.2, -0.15) is 0 Å². The van der Waals surface area contributed by atoms with E-state index < -0.39 is 49.5 Å². The van der Waals surface area contributed by atoms with E-state index in [-0.39, 0.29) is 12.5 Å². The highest BCUT2D eigenvalue weighted by molar-refractivity contribution is 5.76. The standard InChI is InChI=1S/C64H119NO8/c1-3-5-7-9-11-13-15-17-19-21-22-23-24-25-26-27-28-29-30-31-32-33-34-35-36-38-40-42-44-46-48-50-52-54-60(68)65-57(56-72-64-63(71)62(70)61(69)59(55-66)73-64)58(67)53-51-49-47-45-43-41-39-37-20-18-16-14-12-10-8-6-4-2/h15,17,21-22,24-25,51,53,57-59,61-64,66-67,69-71H,3-14,16,18-20,23,26-50,52,54-56H2,1-2H3,(H,65,68)/b17-15-,22-21-,25-24-,53-51+. The highest BCUT2D eigenvalue weighted by Crippen LogP contribution is 2.23. The van der Waals surface area contributed by atoms with E-state index in [1.165, 1.54) is 225 Å². The Bertz CT molecular complexity index is 1290. The van der Waals surface area contributed by atoms with Gasteiger partial charge in [-0.1, -0.05) is 281 Å². The lowest BCUT2D eigenvalue weighted by Crippen LogP contribution is -2.60. The van der Waals surface area contributed by atoms with Gasteiger partial charge >= 0.3 is 0 Å². The number of ether oxygens (including phenoxy) is 2. The molecule has 1 amide bonds. The third-order valence-electron chi connectivity index (χ3n) is 14.9. The smallest absolute Gasteiger partial charge is 0.220 e. The summed E-state index contributed by atoms with van der Waals surface area (Å²) in [5.74, 6) is -0.173. The summed E-state index contributed by atoms with van der Waals surface area (Å²) in [6.45, 7) is 3.79. The van der Waals surface area contributed by atoms with Crippen LogP contribution in [0.15, 0.2) is 48.6 Å². The molecule has 0 aromatic carbocycles. The molecule has 1 aliphatic rings. The fourth-order valence-electron chi connectivity index (χ4n) is 9.93. The van der Waals surface area contributed by atoms with Crippen LogP contribution in [0.4, 0.5) is 0 Å². The second-order valence-corrected chi connectivity index (χ2v) is 21.9. The Labute approximate surface area is 450 Å². The van der Waals surface area contributed by atoms with Crippen LogP contribution in [0.1, 0.15) is 296 Å². The minimum atomic E-state index is -1.57. The van der Waals surface area contributed by atoms with Crippen molar-refractivity contribution in [1.82, 2.24) is 5.32 Å². The van der Waals surface area contributed by atoms with Crippen LogP contribution in [-0.2, 0) is 14.3 Å². The van der Waals surface area contributed by atoms with Gasteiger partial charge in [-0.25, -0.2) is 0 Å². The van der Waals surface area contributed by atoms with E-state index in [1.54, 1.807) is 6.08 Å². The molecule has 428 valence electrons. The van der Waals surface area contributed by atoms with Crippen LogP contribution in [0.25, 0.3) is 0 Å². The van der Waals surface area contributed by atoms with Crippen LogP contribution in [0.3, 0.4) is 0 Å². The maximum absolute atomic E-state index is 13.1. The molecule has 1 fully saturated rings. The van der Waals surface area contributed by atoms with E-state index in [4.69, 9.17) is 9.47 Å². The van der Waals surface area contributed by atoms with E-state index in [0.717, 1.165) is 51.4 Å². The summed E-state index contributed by atoms with van der Waals surface area (Å²) in [5.41, 5.74) is 0. The van der Waals surface area contributed by atoms with Gasteiger partial charge < -0.3 is 40.3 Å². The van der Waals surface area contributed by atoms with Crippen LogP contribution in [0, 0.1) is 0 Å². The Morgan fingerprint density at radius 3 is 1.19 bits per heavy atom. The predicted octanol–water partition coefficient (Wildman–Crippen LogP) is 16.1. The molecule has 7 unspecified atom stereocenters. The maximum atomic E-state index is 13.1. The fourth-order valence-corrected chi connectivity index (χ4v) is 9.93. The SMILES string of the molecule is CCCCCCC/C=C\C/C=C\C/C=C\CCCCCCCCCCCCCCCCCCCCC(=O)NC(COC1OC(CO)C(O)C(O)C1O)C(O)/C=C/CCCCCCCCCCCCCCCCC. The van der Waals surface area contributed by atoms with Gasteiger partial charge in [0.1, 0.15) is 24.4 Å². The van der Waals surface area contributed by atoms with Crippen molar-refractivity contribution in [3.8, 4) is 0 Å². The van der Waals surface area contributed by atoms with Crippen LogP contribution in [0.5, 0.6) is 0 Å². The normalized spacial score (nSPS) is 19.4. The Balaban J connectivity index is 2.13. The van der Waals surface area contributed by atoms with E-state index in [9.17, 15) is 30.3 Å². The second-order valence-electron chi connectivity index (χ2n) is 21.9. The first-order valence-corrected chi connectivity index (χ1v) is 31.4. The average Bonchev–Trinajstić information content (AvgIpc) is 3.39. The number of rotatable bonds is 54. The van der Waals surface area contributed by atoms with Gasteiger partial charge in [-0.3, -0.25) is 4.79 Å². The van der Waals surface area contributed by atoms with Crippen LogP contribution in [-0.4, -0.2) is 87.5 Å². The van der Waals surface area contributed by atoms with Crippen molar-refractivity contribution in [2.24, 2.45) is 0 Å². The van der Waals surface area contributed by atoms with Gasteiger partial charge in [-0.05, 0) is 57.8 Å². The summed E-state index contributed by atoms with van der Waals surface area (Å²) < 4.78 is 11.3. The third kappa shape index (κ3) is 42.9. The van der Waals surface area contributed by atoms with Crippen molar-refractivity contribution in [1.29, 1.82) is 0 Å². The van der Waals surface area contributed by atoms with Gasteiger partial charge in [0, 0.05) is 6.42 Å². The lowest BCUT2D eigenvalue weighted by molar-refractivity contribution is -0.302. The number of hydrogen-bond donors (Lipinski definition) is 6. The third-order valence-corrected chi connectivity index (χ3v) is 14.9. The Kier molecular flexibility index (Phi) is 50.7. The number of hydrogen-bond acceptors (Lipinski definition) is 8. The summed E-state index contributed by atoms with van der Waals surface area (Å²) in [4.78, 5) is 13.1. The van der Waals surface area contributed by atoms with Gasteiger partial charge in [0.2, 0.25) is 5.91 Å². The molecule has 1 heterocycles. The van der Waals surface area contributed by atoms with Crippen molar-refractivity contribution in [3.05, 3.63) is 48.6 Å². The number of nitrogens with one attached hydrogen (secondary N) is 1. The van der Waals surface area contributed by atoms with Crippen LogP contribution >= 0.6 is 0 Å². The van der Waals surface area contributed by atoms with Crippen molar-refractivity contribution in [2.45, 2.75) is 339 Å². The quantitative estimate of drug-likeness (QED) is 0.0261. The topological polar surface area (TPSA) is 149 Å². The first kappa shape index (κ1) is 69.2. The first-order chi connectivity index (χ1) is 35.8. The molecule has 0 aromatic rings. The maximum Gasteiger partial charge on any atom is 0.220 e. The zero-order valence-electron chi connectivity index (χ0n) is 47.6. The number of carbonyl (C=O) groups excluding carboxylic acids is 1. The van der Waals surface area contributed by atoms with E-state index in [0.29, 0.717) is 6.42 Å². The van der Waals surface area contributed by atoms with Crippen LogP contribution < -0.4 is 5.32 Å². The van der Waals surface area contributed by atoms with Crippen molar-refractivity contribution in [3.63, 3.8) is 0 Å². The Morgan fingerprint density at radius 2 is 0.808 bits per heavy atom. The number of amides is 1. The number of aliphatic hydroxyl groups excluding tert-OH is 5. The van der Waals surface area contributed by atoms with Gasteiger partial charge in [0.25, 0.3) is 0 Å². The minimum Gasteiger partial charge on any atom is -0.394 e. The molecule has 7 atom stereocenters. The van der Waals surface area contributed by atoms with Crippen LogP contribution in [0.2, 0.25) is 0 Å². The number of allylic oxidation sites excluding steroid dienone is 7. The van der Waals surface area contributed by atoms with Crippen molar-refractivity contribution in [2.75, 3.05) is 13.2 Å². The molecular weight excluding hydrogens is 911 g/mol. The summed E-state index contributed by atoms with van der Waals surface area (Å²) in [5, 5.41) is 54.6. The molecule has 0 aromatic heterocycles. The molecule has 0 radical (unpaired) electrons. The molecule has 0 aliphatic carbocycles. The summed E-state index contributed by atoms with van der Waals surface area (Å²) in [6.07, 6.45) is 64.8. The highest BCUT2D eigenvalue weighted by Gasteiger charge is 2.44. The minimum absolute atomic E-state index is 0.173. The summed E-state index contributed by atoms with van der Waals surface area (Å²) in [6, 6.07) is -0.805. The lowest BCUT2D eigenvalue weighted by Gasteiger charge is -2.40. The highest BCUT2D eigenvalue weighted by atomic mass is 16.7. The van der Waals surface area contributed by atoms with E-state index >= 15 is 0 Å². The molecule has 1 aliphatic heterocycles. The van der Waals surface area contributed by atoms with E-state index in [1.807, 2.05) is 6.08 Å². The molecule has 1 rings (SSSR count). The van der Waals surface area contributed by atoms with Gasteiger partial charge in [-0.15, -0.1) is 0 Å². The Morgan fingerprint density at radius 1 is 0.466 bits per heavy atom. The fraction of sp³-hybridized carbons (Fsp3) is 0.859. The molecule has 0 bridgehead atoms. The average molecular weight is 1030 g/mol. The molecule has 6 N–H and O–H groups in total. The van der Waals surface area contributed by atoms with Gasteiger partial charge in [0.15, 0.2) is 6.29 Å². The molecule has 73 heavy (non-hydrogen) atoms. The zero-order valence-corrected chi connectivity index (χ0v) is 47.6. The second kappa shape index (κ2) is 53.5. The molecule has 9 nitrogen and oxygen atoms in total. The van der Waals surface area contributed by atoms with Gasteiger partial charge in [0.05, 0.1) is 25.4 Å². The number of aliphatic hydroxyl groups is 5. The lowest BCUT2D eigenvalue weighted by atomic mass is 9.99. The predicted molar refractivity (Wildman–Crippen MR) is 309 cm³/mol. The molecule has 0 saturated carbocycles. The number of unbranched alkanes of at least 4 members (excludes halogenated alkanes) is 38. The summed E-state index contributed by atoms with van der Waals surface area (Å²) in [7, 11) is 0. The molecule has 0 spiro atoms. The largest absolute Gasteiger partial charge is 0.394 e. The van der Waals surface area contributed by atoms with E-state index in [2.05, 4.69) is 55.6 Å². The Hall–Kier alpha value is -1.85. The molecule has 9 heteroatoms. The monoisotopic (exact) mass is 1030 g/mol.